The maximum atomic E-state index is 11.6. The lowest BCUT2D eigenvalue weighted by Gasteiger charge is -2.21. The molecule has 6 heteroatoms. The fourth-order valence-electron chi connectivity index (χ4n) is 1.87. The van der Waals surface area contributed by atoms with E-state index >= 15 is 0 Å². The molecular weight excluding hydrogens is 272 g/mol. The van der Waals surface area contributed by atoms with Crippen molar-refractivity contribution in [1.82, 2.24) is 5.17 Å². The molecule has 0 saturated heterocycles. The minimum absolute atomic E-state index is 0.148. The van der Waals surface area contributed by atoms with Crippen LogP contribution in [0.4, 0.5) is 0 Å². The SMILES string of the molecule is C=CC(O)CC(=O)CC(=O)ON1Cc2ccccc2C=N1. The van der Waals surface area contributed by atoms with Crippen LogP contribution in [0.2, 0.25) is 0 Å². The predicted molar refractivity (Wildman–Crippen MR) is 76.1 cm³/mol. The first kappa shape index (κ1) is 14.9. The zero-order valence-corrected chi connectivity index (χ0v) is 11.4. The molecule has 1 aliphatic rings. The molecular formula is C15H16N2O4. The van der Waals surface area contributed by atoms with E-state index in [1.165, 1.54) is 6.08 Å². The van der Waals surface area contributed by atoms with Crippen LogP contribution < -0.4 is 0 Å². The second-order valence-corrected chi connectivity index (χ2v) is 4.64. The van der Waals surface area contributed by atoms with Crippen molar-refractivity contribution in [2.75, 3.05) is 0 Å². The average Bonchev–Trinajstić information content (AvgIpc) is 2.46. The standard InChI is InChI=1S/C15H16N2O4/c1-2-13(18)7-14(19)8-15(20)21-17-10-12-6-4-3-5-11(12)9-16-17/h2-6,9,13,18H,1,7-8,10H2. The number of carbonyl (C=O) groups excluding carboxylic acids is 2. The van der Waals surface area contributed by atoms with Gasteiger partial charge in [0.15, 0.2) is 0 Å². The van der Waals surface area contributed by atoms with Gasteiger partial charge < -0.3 is 9.94 Å². The molecule has 1 aromatic rings. The molecule has 1 N–H and O–H groups in total. The third-order valence-corrected chi connectivity index (χ3v) is 2.94. The summed E-state index contributed by atoms with van der Waals surface area (Å²) in [5, 5.41) is 14.4. The van der Waals surface area contributed by atoms with Crippen molar-refractivity contribution in [3.8, 4) is 0 Å². The van der Waals surface area contributed by atoms with Gasteiger partial charge in [-0.3, -0.25) is 4.79 Å². The van der Waals surface area contributed by atoms with Gasteiger partial charge in [-0.1, -0.05) is 30.3 Å². The van der Waals surface area contributed by atoms with E-state index in [-0.39, 0.29) is 6.42 Å². The third kappa shape index (κ3) is 4.25. The quantitative estimate of drug-likeness (QED) is 0.628. The van der Waals surface area contributed by atoms with Crippen LogP contribution in [0.5, 0.6) is 0 Å². The van der Waals surface area contributed by atoms with E-state index in [2.05, 4.69) is 11.7 Å². The molecule has 0 spiro atoms. The summed E-state index contributed by atoms with van der Waals surface area (Å²) < 4.78 is 0. The molecule has 0 bridgehead atoms. The highest BCUT2D eigenvalue weighted by atomic mass is 16.7. The summed E-state index contributed by atoms with van der Waals surface area (Å²) in [4.78, 5) is 28.1. The molecule has 1 atom stereocenters. The van der Waals surface area contributed by atoms with Crippen LogP contribution in [-0.4, -0.2) is 34.3 Å². The lowest BCUT2D eigenvalue weighted by molar-refractivity contribution is -0.194. The summed E-state index contributed by atoms with van der Waals surface area (Å²) >= 11 is 0. The first-order valence-corrected chi connectivity index (χ1v) is 6.51. The van der Waals surface area contributed by atoms with E-state index in [9.17, 15) is 14.7 Å². The number of nitrogens with zero attached hydrogens (tertiary/aromatic N) is 2. The van der Waals surface area contributed by atoms with Gasteiger partial charge in [0, 0.05) is 6.42 Å². The second kappa shape index (κ2) is 6.81. The summed E-state index contributed by atoms with van der Waals surface area (Å²) in [6.45, 7) is 3.70. The van der Waals surface area contributed by atoms with Crippen LogP contribution in [0.15, 0.2) is 42.0 Å². The van der Waals surface area contributed by atoms with Gasteiger partial charge in [-0.05, 0) is 11.1 Å². The second-order valence-electron chi connectivity index (χ2n) is 4.64. The van der Waals surface area contributed by atoms with E-state index in [1.807, 2.05) is 24.3 Å². The third-order valence-electron chi connectivity index (χ3n) is 2.94. The molecule has 1 unspecified atom stereocenters. The van der Waals surface area contributed by atoms with E-state index in [0.29, 0.717) is 6.54 Å². The predicted octanol–water partition coefficient (Wildman–Crippen LogP) is 1.19. The van der Waals surface area contributed by atoms with E-state index in [0.717, 1.165) is 16.3 Å². The molecule has 0 saturated carbocycles. The number of fused-ring (bicyclic) bond motifs is 1. The number of aliphatic hydroxyl groups is 1. The van der Waals surface area contributed by atoms with Crippen molar-refractivity contribution in [2.24, 2.45) is 5.10 Å². The molecule has 0 amide bonds. The number of Topliss-reactive ketones (excluding diaryl/α,β-unsaturated/α-hetero) is 1. The molecule has 2 rings (SSSR count). The Labute approximate surface area is 122 Å². The van der Waals surface area contributed by atoms with Crippen LogP contribution >= 0.6 is 0 Å². The minimum atomic E-state index is -0.940. The molecule has 0 fully saturated rings. The molecule has 0 radical (unpaired) electrons. The van der Waals surface area contributed by atoms with E-state index in [4.69, 9.17) is 4.84 Å². The number of rotatable bonds is 6. The largest absolute Gasteiger partial charge is 0.389 e. The van der Waals surface area contributed by atoms with Crippen LogP contribution in [0.25, 0.3) is 0 Å². The topological polar surface area (TPSA) is 79.2 Å². The first-order chi connectivity index (χ1) is 10.1. The Balaban J connectivity index is 1.85. The van der Waals surface area contributed by atoms with Crippen molar-refractivity contribution in [3.05, 3.63) is 48.0 Å². The number of carbonyl (C=O) groups is 2. The monoisotopic (exact) mass is 288 g/mol. The highest BCUT2D eigenvalue weighted by molar-refractivity contribution is 5.95. The normalized spacial score (nSPS) is 14.2. The maximum Gasteiger partial charge on any atom is 0.341 e. The lowest BCUT2D eigenvalue weighted by Crippen LogP contribution is -2.27. The summed E-state index contributed by atoms with van der Waals surface area (Å²) in [6, 6.07) is 7.61. The van der Waals surface area contributed by atoms with E-state index < -0.39 is 24.3 Å². The van der Waals surface area contributed by atoms with Gasteiger partial charge in [-0.25, -0.2) is 4.79 Å². The Morgan fingerprint density at radius 1 is 1.48 bits per heavy atom. The highest BCUT2D eigenvalue weighted by Gasteiger charge is 2.19. The molecule has 1 heterocycles. The van der Waals surface area contributed by atoms with Gasteiger partial charge in [-0.15, -0.1) is 16.9 Å². The Morgan fingerprint density at radius 2 is 2.24 bits per heavy atom. The smallest absolute Gasteiger partial charge is 0.341 e. The van der Waals surface area contributed by atoms with Crippen LogP contribution in [0, 0.1) is 0 Å². The molecule has 0 aliphatic carbocycles. The van der Waals surface area contributed by atoms with Crippen LogP contribution in [0.3, 0.4) is 0 Å². The summed E-state index contributed by atoms with van der Waals surface area (Å²) in [7, 11) is 0. The summed E-state index contributed by atoms with van der Waals surface area (Å²) in [5.41, 5.74) is 1.95. The number of hydroxylamine groups is 1. The Kier molecular flexibility index (Phi) is 4.84. The minimum Gasteiger partial charge on any atom is -0.389 e. The van der Waals surface area contributed by atoms with Gasteiger partial charge in [0.1, 0.15) is 18.7 Å². The van der Waals surface area contributed by atoms with Crippen molar-refractivity contribution in [1.29, 1.82) is 0 Å². The Morgan fingerprint density at radius 3 is 3.00 bits per heavy atom. The number of ketones is 1. The number of hydrogen-bond donors (Lipinski definition) is 1. The lowest BCUT2D eigenvalue weighted by atomic mass is 10.1. The molecule has 0 aromatic heterocycles. The average molecular weight is 288 g/mol. The zero-order chi connectivity index (χ0) is 15.2. The van der Waals surface area contributed by atoms with Gasteiger partial charge in [-0.2, -0.15) is 0 Å². The molecule has 110 valence electrons. The van der Waals surface area contributed by atoms with E-state index in [1.54, 1.807) is 6.21 Å². The van der Waals surface area contributed by atoms with Crippen molar-refractivity contribution < 1.29 is 19.5 Å². The van der Waals surface area contributed by atoms with Gasteiger partial charge in [0.05, 0.1) is 12.3 Å². The number of aliphatic hydroxyl groups excluding tert-OH is 1. The summed E-state index contributed by atoms with van der Waals surface area (Å²) in [5.74, 6) is -1.11. The number of hydrogen-bond acceptors (Lipinski definition) is 6. The number of hydrazone groups is 1. The fourth-order valence-corrected chi connectivity index (χ4v) is 1.87. The maximum absolute atomic E-state index is 11.6. The van der Waals surface area contributed by atoms with Crippen molar-refractivity contribution >= 4 is 18.0 Å². The van der Waals surface area contributed by atoms with Gasteiger partial charge in [0.2, 0.25) is 0 Å². The van der Waals surface area contributed by atoms with Crippen molar-refractivity contribution in [2.45, 2.75) is 25.5 Å². The molecule has 1 aromatic carbocycles. The van der Waals surface area contributed by atoms with Crippen LogP contribution in [-0.2, 0) is 21.0 Å². The zero-order valence-electron chi connectivity index (χ0n) is 11.4. The first-order valence-electron chi connectivity index (χ1n) is 6.51. The Hall–Kier alpha value is -2.47. The van der Waals surface area contributed by atoms with Gasteiger partial charge >= 0.3 is 5.97 Å². The molecule has 6 nitrogen and oxygen atoms in total. The number of benzene rings is 1. The summed E-state index contributed by atoms with van der Waals surface area (Å²) in [6.07, 6.45) is 1.35. The van der Waals surface area contributed by atoms with Crippen LogP contribution in [0.1, 0.15) is 24.0 Å². The molecule has 1 aliphatic heterocycles. The molecule has 21 heavy (non-hydrogen) atoms. The van der Waals surface area contributed by atoms with Crippen molar-refractivity contribution in [3.63, 3.8) is 0 Å². The fraction of sp³-hybridized carbons (Fsp3) is 0.267. The highest BCUT2D eigenvalue weighted by Crippen LogP contribution is 2.15. The van der Waals surface area contributed by atoms with Gasteiger partial charge in [0.25, 0.3) is 0 Å². The Bertz CT molecular complexity index is 583.